The first-order valence-corrected chi connectivity index (χ1v) is 9.60. The molecule has 0 bridgehead atoms. The number of amidine groups is 1. The van der Waals surface area contributed by atoms with Crippen LogP contribution in [0.25, 0.3) is 6.08 Å². The van der Waals surface area contributed by atoms with E-state index in [1.54, 1.807) is 34.9 Å². The van der Waals surface area contributed by atoms with E-state index in [2.05, 4.69) is 11.9 Å². The van der Waals surface area contributed by atoms with E-state index in [4.69, 9.17) is 0 Å². The Balaban J connectivity index is 1.84. The van der Waals surface area contributed by atoms with Crippen LogP contribution in [0.15, 0.2) is 59.6 Å². The number of thioether (sulfide) groups is 1. The summed E-state index contributed by atoms with van der Waals surface area (Å²) in [6.45, 7) is 4.09. The van der Waals surface area contributed by atoms with Gasteiger partial charge in [0, 0.05) is 17.9 Å². The fourth-order valence-electron chi connectivity index (χ4n) is 2.80. The molecule has 2 aromatic carbocycles. The van der Waals surface area contributed by atoms with Gasteiger partial charge in [0.2, 0.25) is 0 Å². The third-order valence-electron chi connectivity index (χ3n) is 4.18. The minimum absolute atomic E-state index is 0.119. The van der Waals surface area contributed by atoms with Crippen molar-refractivity contribution in [1.82, 2.24) is 4.90 Å². The van der Waals surface area contributed by atoms with Gasteiger partial charge >= 0.3 is 0 Å². The van der Waals surface area contributed by atoms with Gasteiger partial charge in [0.05, 0.1) is 5.69 Å². The van der Waals surface area contributed by atoms with Crippen LogP contribution < -0.4 is 0 Å². The predicted octanol–water partition coefficient (Wildman–Crippen LogP) is 5.19. The maximum Gasteiger partial charge on any atom is 0.252 e. The van der Waals surface area contributed by atoms with Gasteiger partial charge in [-0.15, -0.1) is 0 Å². The Labute approximate surface area is 157 Å². The van der Waals surface area contributed by atoms with E-state index in [1.807, 2.05) is 31.2 Å². The van der Waals surface area contributed by atoms with Gasteiger partial charge < -0.3 is 0 Å². The molecule has 0 radical (unpaired) electrons. The van der Waals surface area contributed by atoms with E-state index < -0.39 is 0 Å². The zero-order chi connectivity index (χ0) is 18.5. The third kappa shape index (κ3) is 4.41. The van der Waals surface area contributed by atoms with Gasteiger partial charge in [-0.1, -0.05) is 43.0 Å². The molecule has 3 nitrogen and oxygen atoms in total. The van der Waals surface area contributed by atoms with Crippen molar-refractivity contribution < 1.29 is 9.18 Å². The number of carbonyl (C=O) groups is 1. The quantitative estimate of drug-likeness (QED) is 0.696. The summed E-state index contributed by atoms with van der Waals surface area (Å²) in [4.78, 5) is 19.2. The molecule has 1 amide bonds. The van der Waals surface area contributed by atoms with E-state index in [9.17, 15) is 9.18 Å². The van der Waals surface area contributed by atoms with E-state index in [0.29, 0.717) is 5.56 Å². The molecule has 5 heteroatoms. The van der Waals surface area contributed by atoms with Gasteiger partial charge in [0.25, 0.3) is 5.91 Å². The smallest absolute Gasteiger partial charge is 0.252 e. The van der Waals surface area contributed by atoms with Crippen molar-refractivity contribution in [2.45, 2.75) is 26.3 Å². The van der Waals surface area contributed by atoms with Gasteiger partial charge in [0.1, 0.15) is 5.82 Å². The molecule has 0 aliphatic carbocycles. The van der Waals surface area contributed by atoms with Gasteiger partial charge in [-0.2, -0.15) is 0 Å². The fraction of sp³-hybridized carbons (Fsp3) is 0.238. The van der Waals surface area contributed by atoms with Gasteiger partial charge in [-0.25, -0.2) is 9.38 Å². The highest BCUT2D eigenvalue weighted by Crippen LogP contribution is 2.29. The summed E-state index contributed by atoms with van der Waals surface area (Å²) < 4.78 is 13.3. The first kappa shape index (κ1) is 18.4. The Bertz CT molecular complexity index is 863. The SMILES string of the molecule is CC[C@@H]1CSC(=Nc2cccc(C)c2)N1C(=O)/C=C/c1cccc(F)c1. The number of hydrogen-bond donors (Lipinski definition) is 0. The molecule has 2 aromatic rings. The van der Waals surface area contributed by atoms with Crippen molar-refractivity contribution in [3.8, 4) is 0 Å². The third-order valence-corrected chi connectivity index (χ3v) is 5.28. The van der Waals surface area contributed by atoms with Crippen LogP contribution >= 0.6 is 11.8 Å². The first-order chi connectivity index (χ1) is 12.6. The number of aryl methyl sites for hydroxylation is 1. The van der Waals surface area contributed by atoms with E-state index in [-0.39, 0.29) is 17.8 Å². The lowest BCUT2D eigenvalue weighted by molar-refractivity contribution is -0.123. The molecular formula is C21H21FN2OS. The van der Waals surface area contributed by atoms with Gasteiger partial charge in [-0.3, -0.25) is 9.69 Å². The number of rotatable bonds is 4. The summed E-state index contributed by atoms with van der Waals surface area (Å²) in [7, 11) is 0. The van der Waals surface area contributed by atoms with Crippen molar-refractivity contribution in [3.05, 3.63) is 71.6 Å². The summed E-state index contributed by atoms with van der Waals surface area (Å²) in [6, 6.07) is 14.2. The number of nitrogens with zero attached hydrogens (tertiary/aromatic N) is 2. The molecule has 1 atom stereocenters. The number of hydrogen-bond acceptors (Lipinski definition) is 3. The molecule has 1 fully saturated rings. The van der Waals surface area contributed by atoms with E-state index in [1.165, 1.54) is 18.2 Å². The van der Waals surface area contributed by atoms with Crippen LogP contribution in [-0.4, -0.2) is 27.8 Å². The molecule has 1 saturated heterocycles. The van der Waals surface area contributed by atoms with Crippen LogP contribution in [0.1, 0.15) is 24.5 Å². The number of aliphatic imine (C=N–C) groups is 1. The summed E-state index contributed by atoms with van der Waals surface area (Å²) in [5, 5.41) is 0.719. The van der Waals surface area contributed by atoms with Crippen LogP contribution in [0.5, 0.6) is 0 Å². The molecule has 0 unspecified atom stereocenters. The summed E-state index contributed by atoms with van der Waals surface area (Å²) in [5.74, 6) is 0.391. The fourth-order valence-corrected chi connectivity index (χ4v) is 4.07. The maximum absolute atomic E-state index is 13.3. The summed E-state index contributed by atoms with van der Waals surface area (Å²) in [5.41, 5.74) is 2.64. The largest absolute Gasteiger partial charge is 0.284 e. The highest BCUT2D eigenvalue weighted by molar-refractivity contribution is 8.14. The second-order valence-corrected chi connectivity index (χ2v) is 7.19. The number of carbonyl (C=O) groups excluding carboxylic acids is 1. The van der Waals surface area contributed by atoms with Crippen molar-refractivity contribution in [2.24, 2.45) is 4.99 Å². The Hall–Kier alpha value is -2.40. The maximum atomic E-state index is 13.3. The summed E-state index contributed by atoms with van der Waals surface area (Å²) >= 11 is 1.60. The molecule has 1 aliphatic rings. The first-order valence-electron chi connectivity index (χ1n) is 8.62. The van der Waals surface area contributed by atoms with Crippen molar-refractivity contribution in [1.29, 1.82) is 0 Å². The minimum Gasteiger partial charge on any atom is -0.284 e. The minimum atomic E-state index is -0.315. The molecule has 1 aliphatic heterocycles. The van der Waals surface area contributed by atoms with Crippen molar-refractivity contribution >= 4 is 34.6 Å². The number of halogens is 1. The molecule has 134 valence electrons. The zero-order valence-corrected chi connectivity index (χ0v) is 15.7. The van der Waals surface area contributed by atoms with E-state index in [0.717, 1.165) is 28.6 Å². The van der Waals surface area contributed by atoms with Crippen LogP contribution in [0.3, 0.4) is 0 Å². The van der Waals surface area contributed by atoms with Gasteiger partial charge in [0.15, 0.2) is 5.17 Å². The summed E-state index contributed by atoms with van der Waals surface area (Å²) in [6.07, 6.45) is 4.00. The van der Waals surface area contributed by atoms with Gasteiger partial charge in [-0.05, 0) is 54.8 Å². The lowest BCUT2D eigenvalue weighted by atomic mass is 10.2. The number of benzene rings is 2. The zero-order valence-electron chi connectivity index (χ0n) is 14.9. The van der Waals surface area contributed by atoms with Crippen LogP contribution in [0, 0.1) is 12.7 Å². The average molecular weight is 368 g/mol. The van der Waals surface area contributed by atoms with Crippen LogP contribution in [0.4, 0.5) is 10.1 Å². The molecule has 0 N–H and O–H groups in total. The van der Waals surface area contributed by atoms with E-state index >= 15 is 0 Å². The Kier molecular flexibility index (Phi) is 5.89. The molecule has 3 rings (SSSR count). The average Bonchev–Trinajstić information content (AvgIpc) is 3.02. The topological polar surface area (TPSA) is 32.7 Å². The predicted molar refractivity (Wildman–Crippen MR) is 107 cm³/mol. The van der Waals surface area contributed by atoms with Crippen molar-refractivity contribution in [3.63, 3.8) is 0 Å². The molecule has 26 heavy (non-hydrogen) atoms. The monoisotopic (exact) mass is 368 g/mol. The lowest BCUT2D eigenvalue weighted by Gasteiger charge is -2.21. The lowest BCUT2D eigenvalue weighted by Crippen LogP contribution is -2.37. The Morgan fingerprint density at radius 2 is 2.12 bits per heavy atom. The van der Waals surface area contributed by atoms with Crippen molar-refractivity contribution in [2.75, 3.05) is 5.75 Å². The Morgan fingerprint density at radius 3 is 2.85 bits per heavy atom. The molecule has 0 aromatic heterocycles. The Morgan fingerprint density at radius 1 is 1.31 bits per heavy atom. The molecule has 0 saturated carbocycles. The molecule has 0 spiro atoms. The molecular weight excluding hydrogens is 347 g/mol. The second-order valence-electron chi connectivity index (χ2n) is 6.20. The number of amides is 1. The molecule has 1 heterocycles. The standard InChI is InChI=1S/C21H21FN2OS/c1-3-19-14-26-21(23-18-9-4-6-15(2)12-18)24(19)20(25)11-10-16-7-5-8-17(22)13-16/h4-13,19H,3,14H2,1-2H3/b11-10+,23-21?/t19-/m1/s1. The highest BCUT2D eigenvalue weighted by atomic mass is 32.2. The van der Waals surface area contributed by atoms with Crippen LogP contribution in [0.2, 0.25) is 0 Å². The normalized spacial score (nSPS) is 18.8. The van der Waals surface area contributed by atoms with Crippen LogP contribution in [-0.2, 0) is 4.79 Å². The second kappa shape index (κ2) is 8.32. The highest BCUT2D eigenvalue weighted by Gasteiger charge is 2.32.